The predicted octanol–water partition coefficient (Wildman–Crippen LogP) is 2.06. The molecule has 1 atom stereocenters. The lowest BCUT2D eigenvalue weighted by atomic mass is 10.2. The molecule has 10 heteroatoms. The first-order valence-electron chi connectivity index (χ1n) is 9.84. The van der Waals surface area contributed by atoms with Crippen molar-refractivity contribution in [3.8, 4) is 0 Å². The number of sulfone groups is 1. The van der Waals surface area contributed by atoms with E-state index in [4.69, 9.17) is 12.2 Å². The van der Waals surface area contributed by atoms with Gasteiger partial charge in [-0.05, 0) is 44.2 Å². The highest BCUT2D eigenvalue weighted by Gasteiger charge is 2.31. The van der Waals surface area contributed by atoms with Crippen LogP contribution in [0, 0.1) is 4.77 Å². The maximum Gasteiger partial charge on any atom is 0.262 e. The molecule has 0 N–H and O–H groups in total. The molecule has 4 rings (SSSR count). The summed E-state index contributed by atoms with van der Waals surface area (Å²) in [5, 5.41) is 5.28. The lowest BCUT2D eigenvalue weighted by molar-refractivity contribution is 0.197. The zero-order chi connectivity index (χ0) is 20.8. The minimum absolute atomic E-state index is 0.0502. The van der Waals surface area contributed by atoms with Gasteiger partial charge in [-0.25, -0.2) is 13.1 Å². The van der Waals surface area contributed by atoms with Crippen LogP contribution in [0.3, 0.4) is 0 Å². The molecule has 1 aliphatic heterocycles. The van der Waals surface area contributed by atoms with Gasteiger partial charge in [0.25, 0.3) is 5.56 Å². The molecule has 1 unspecified atom stereocenters. The Bertz CT molecular complexity index is 1290. The number of rotatable bonds is 6. The summed E-state index contributed by atoms with van der Waals surface area (Å²) in [7, 11) is -1.08. The monoisotopic (exact) mass is 435 g/mol. The normalized spacial score (nSPS) is 18.9. The Morgan fingerprint density at radius 3 is 2.76 bits per heavy atom. The second-order valence-electron chi connectivity index (χ2n) is 7.70. The van der Waals surface area contributed by atoms with Gasteiger partial charge in [-0.3, -0.25) is 18.7 Å². The third-order valence-corrected chi connectivity index (χ3v) is 7.75. The lowest BCUT2D eigenvalue weighted by Gasteiger charge is -2.22. The van der Waals surface area contributed by atoms with Crippen LogP contribution >= 0.6 is 12.2 Å². The van der Waals surface area contributed by atoms with Crippen molar-refractivity contribution in [3.63, 3.8) is 0 Å². The molecule has 0 bridgehead atoms. The van der Waals surface area contributed by atoms with Gasteiger partial charge >= 0.3 is 0 Å². The van der Waals surface area contributed by atoms with Gasteiger partial charge in [-0.15, -0.1) is 5.10 Å². The highest BCUT2D eigenvalue weighted by molar-refractivity contribution is 7.91. The molecule has 1 aromatic carbocycles. The molecule has 8 nitrogen and oxygen atoms in total. The van der Waals surface area contributed by atoms with Crippen LogP contribution in [0.5, 0.6) is 0 Å². The van der Waals surface area contributed by atoms with Gasteiger partial charge in [-0.1, -0.05) is 25.5 Å². The van der Waals surface area contributed by atoms with Gasteiger partial charge < -0.3 is 0 Å². The van der Waals surface area contributed by atoms with E-state index in [0.29, 0.717) is 35.6 Å². The molecule has 1 saturated heterocycles. The summed E-state index contributed by atoms with van der Waals surface area (Å²) in [6.07, 6.45) is 2.45. The number of unbranched alkanes of at least 4 members (excludes halogenated alkanes) is 1. The first kappa shape index (κ1) is 20.2. The number of hydrogen-bond acceptors (Lipinski definition) is 6. The van der Waals surface area contributed by atoms with Crippen molar-refractivity contribution in [1.82, 2.24) is 23.6 Å². The maximum atomic E-state index is 13.1. The molecule has 0 saturated carbocycles. The summed E-state index contributed by atoms with van der Waals surface area (Å²) in [5.41, 5.74) is 0.673. The SMILES string of the molecule is CCCCn1c(=O)c2ccccc2n2c(=S)n(CN(C)C3CCS(=O)(=O)C3)nc12. The molecule has 1 aliphatic rings. The molecule has 3 heterocycles. The highest BCUT2D eigenvalue weighted by Crippen LogP contribution is 2.18. The maximum absolute atomic E-state index is 13.1. The van der Waals surface area contributed by atoms with Crippen molar-refractivity contribution in [3.05, 3.63) is 39.4 Å². The van der Waals surface area contributed by atoms with Crippen LogP contribution in [-0.4, -0.2) is 56.7 Å². The summed E-state index contributed by atoms with van der Waals surface area (Å²) in [6, 6.07) is 7.37. The largest absolute Gasteiger partial charge is 0.283 e. The van der Waals surface area contributed by atoms with Crippen molar-refractivity contribution in [2.45, 2.75) is 45.4 Å². The van der Waals surface area contributed by atoms with E-state index in [1.54, 1.807) is 9.25 Å². The number of nitrogens with zero attached hydrogens (tertiary/aromatic N) is 5. The molecule has 3 aromatic rings. The first-order valence-corrected chi connectivity index (χ1v) is 12.1. The Kier molecular flexibility index (Phi) is 5.34. The van der Waals surface area contributed by atoms with E-state index in [1.807, 2.05) is 40.6 Å². The third-order valence-electron chi connectivity index (χ3n) is 5.61. The first-order chi connectivity index (χ1) is 13.8. The Labute approximate surface area is 174 Å². The average Bonchev–Trinajstić information content (AvgIpc) is 3.21. The number of fused-ring (bicyclic) bond motifs is 3. The molecule has 1 fully saturated rings. The molecule has 0 spiro atoms. The minimum atomic E-state index is -2.97. The Morgan fingerprint density at radius 1 is 1.31 bits per heavy atom. The van der Waals surface area contributed by atoms with E-state index < -0.39 is 9.84 Å². The summed E-state index contributed by atoms with van der Waals surface area (Å²) in [6.45, 7) is 3.03. The van der Waals surface area contributed by atoms with E-state index in [1.165, 1.54) is 0 Å². The summed E-state index contributed by atoms with van der Waals surface area (Å²) in [5.74, 6) is 0.910. The van der Waals surface area contributed by atoms with E-state index in [2.05, 4.69) is 12.0 Å². The van der Waals surface area contributed by atoms with Crippen molar-refractivity contribution in [2.24, 2.45) is 0 Å². The van der Waals surface area contributed by atoms with E-state index >= 15 is 0 Å². The summed E-state index contributed by atoms with van der Waals surface area (Å²) in [4.78, 5) is 15.0. The van der Waals surface area contributed by atoms with Crippen LogP contribution in [0.15, 0.2) is 29.1 Å². The number of aryl methyl sites for hydroxylation is 1. The number of para-hydroxylation sites is 1. The molecule has 2 aromatic heterocycles. The summed E-state index contributed by atoms with van der Waals surface area (Å²) < 4.78 is 29.4. The smallest absolute Gasteiger partial charge is 0.262 e. The third kappa shape index (κ3) is 3.64. The molecule has 0 aliphatic carbocycles. The molecular formula is C19H25N5O3S2. The highest BCUT2D eigenvalue weighted by atomic mass is 32.2. The minimum Gasteiger partial charge on any atom is -0.283 e. The van der Waals surface area contributed by atoms with Gasteiger partial charge in [-0.2, -0.15) is 0 Å². The Morgan fingerprint density at radius 2 is 2.07 bits per heavy atom. The second kappa shape index (κ2) is 7.66. The molecular weight excluding hydrogens is 410 g/mol. The van der Waals surface area contributed by atoms with Crippen molar-refractivity contribution in [1.29, 1.82) is 0 Å². The molecule has 156 valence electrons. The van der Waals surface area contributed by atoms with Crippen LogP contribution in [0.4, 0.5) is 0 Å². The number of hydrogen-bond donors (Lipinski definition) is 0. The molecule has 0 amide bonds. The van der Waals surface area contributed by atoms with Crippen molar-refractivity contribution in [2.75, 3.05) is 18.6 Å². The van der Waals surface area contributed by atoms with Gasteiger partial charge in [0.1, 0.15) is 0 Å². The zero-order valence-electron chi connectivity index (χ0n) is 16.6. The Balaban J connectivity index is 1.83. The zero-order valence-corrected chi connectivity index (χ0v) is 18.2. The number of benzene rings is 1. The fourth-order valence-electron chi connectivity index (χ4n) is 3.93. The van der Waals surface area contributed by atoms with Crippen LogP contribution in [0.2, 0.25) is 0 Å². The average molecular weight is 436 g/mol. The molecule has 0 radical (unpaired) electrons. The van der Waals surface area contributed by atoms with E-state index in [9.17, 15) is 13.2 Å². The summed E-state index contributed by atoms with van der Waals surface area (Å²) >= 11 is 5.71. The van der Waals surface area contributed by atoms with Gasteiger partial charge in [0.05, 0.1) is 29.1 Å². The standard InChI is InChI=1S/C19H25N5O3S2/c1-3-4-10-22-17(25)15-7-5-6-8-16(15)24-18(22)20-23(19(24)28)13-21(2)14-9-11-29(26,27)12-14/h5-8,14H,3-4,9-13H2,1-2H3. The van der Waals surface area contributed by atoms with Gasteiger partial charge in [0.15, 0.2) is 9.84 Å². The Hall–Kier alpha value is -2.04. The predicted molar refractivity (Wildman–Crippen MR) is 116 cm³/mol. The second-order valence-corrected chi connectivity index (χ2v) is 10.3. The van der Waals surface area contributed by atoms with Crippen LogP contribution in [-0.2, 0) is 23.1 Å². The fraction of sp³-hybridized carbons (Fsp3) is 0.526. The van der Waals surface area contributed by atoms with Gasteiger partial charge in [0, 0.05) is 12.6 Å². The topological polar surface area (TPSA) is 81.6 Å². The van der Waals surface area contributed by atoms with Crippen molar-refractivity contribution < 1.29 is 8.42 Å². The van der Waals surface area contributed by atoms with Crippen molar-refractivity contribution >= 4 is 38.7 Å². The van der Waals surface area contributed by atoms with Crippen LogP contribution < -0.4 is 5.56 Å². The van der Waals surface area contributed by atoms with Gasteiger partial charge in [0.2, 0.25) is 10.5 Å². The molecule has 29 heavy (non-hydrogen) atoms. The quantitative estimate of drug-likeness (QED) is 0.551. The number of aromatic nitrogens is 4. The lowest BCUT2D eigenvalue weighted by Crippen LogP contribution is -2.34. The van der Waals surface area contributed by atoms with E-state index in [0.717, 1.165) is 18.4 Å². The van der Waals surface area contributed by atoms with E-state index in [-0.39, 0.29) is 23.1 Å². The van der Waals surface area contributed by atoms with Crippen LogP contribution in [0.25, 0.3) is 16.7 Å². The fourth-order valence-corrected chi connectivity index (χ4v) is 6.01. The van der Waals surface area contributed by atoms with Crippen LogP contribution in [0.1, 0.15) is 26.2 Å².